The minimum Gasteiger partial charge on any atom is -0.363 e. The first-order chi connectivity index (χ1) is 12.8. The third kappa shape index (κ3) is 5.43. The maximum Gasteiger partial charge on any atom is 0.423 e. The van der Waals surface area contributed by atoms with E-state index in [2.05, 4.69) is 11.8 Å². The van der Waals surface area contributed by atoms with E-state index in [0.717, 1.165) is 0 Å². The molecule has 0 aliphatic carbocycles. The van der Waals surface area contributed by atoms with Gasteiger partial charge < -0.3 is 18.9 Å². The molecule has 3 atom stereocenters. The van der Waals surface area contributed by atoms with Gasteiger partial charge >= 0.3 is 11.9 Å². The summed E-state index contributed by atoms with van der Waals surface area (Å²) in [5, 5.41) is 0. The molecule has 1 saturated heterocycles. The van der Waals surface area contributed by atoms with Gasteiger partial charge in [-0.3, -0.25) is 14.3 Å². The van der Waals surface area contributed by atoms with Crippen LogP contribution in [0.1, 0.15) is 25.1 Å². The highest BCUT2D eigenvalue weighted by atomic mass is 19.4. The Morgan fingerprint density at radius 2 is 2.15 bits per heavy atom. The van der Waals surface area contributed by atoms with E-state index in [-0.39, 0.29) is 26.4 Å². The third-order valence-corrected chi connectivity index (χ3v) is 3.79. The van der Waals surface area contributed by atoms with Gasteiger partial charge in [-0.25, -0.2) is 4.79 Å². The third-order valence-electron chi connectivity index (χ3n) is 3.79. The fourth-order valence-corrected chi connectivity index (χ4v) is 2.57. The lowest BCUT2D eigenvalue weighted by atomic mass is 10.2. The van der Waals surface area contributed by atoms with Crippen molar-refractivity contribution in [3.8, 4) is 11.8 Å². The Labute approximate surface area is 152 Å². The predicted molar refractivity (Wildman–Crippen MR) is 85.9 cm³/mol. The van der Waals surface area contributed by atoms with Gasteiger partial charge in [0.2, 0.25) is 0 Å². The summed E-state index contributed by atoms with van der Waals surface area (Å²) in [6.45, 7) is 1.75. The number of ether oxygens (including phenoxy) is 4. The standard InChI is InChI=1S/C16H19F3N2O6/c1-3-4-5-26-11-6-13(27-12(11)8-25-9-24-2)21-7-10(16(17,18)19)14(22)20-15(21)23/h7,11-13H,5-6,8-9H2,1-2H3,(H,20,22,23)/t11-,12+,13+/m0/s1. The topological polar surface area (TPSA) is 91.8 Å². The van der Waals surface area contributed by atoms with Crippen molar-refractivity contribution in [2.75, 3.05) is 27.1 Å². The molecule has 0 bridgehead atoms. The number of nitrogens with one attached hydrogen (secondary N) is 1. The van der Waals surface area contributed by atoms with Crippen LogP contribution in [0.25, 0.3) is 0 Å². The summed E-state index contributed by atoms with van der Waals surface area (Å²) < 4.78 is 60.8. The molecule has 27 heavy (non-hydrogen) atoms. The molecule has 0 aromatic carbocycles. The van der Waals surface area contributed by atoms with E-state index < -0.39 is 41.4 Å². The van der Waals surface area contributed by atoms with Gasteiger partial charge in [-0.15, -0.1) is 5.92 Å². The number of alkyl halides is 3. The van der Waals surface area contributed by atoms with Crippen molar-refractivity contribution in [1.82, 2.24) is 9.55 Å². The lowest BCUT2D eigenvalue weighted by Gasteiger charge is -2.18. The van der Waals surface area contributed by atoms with Crippen LogP contribution >= 0.6 is 0 Å². The van der Waals surface area contributed by atoms with Crippen LogP contribution in [0, 0.1) is 11.8 Å². The predicted octanol–water partition coefficient (Wildman–Crippen LogP) is 0.872. The van der Waals surface area contributed by atoms with Crippen LogP contribution in [0.4, 0.5) is 13.2 Å². The average Bonchev–Trinajstić information content (AvgIpc) is 2.97. The Balaban J connectivity index is 2.25. The van der Waals surface area contributed by atoms with E-state index in [1.54, 1.807) is 11.9 Å². The van der Waals surface area contributed by atoms with Crippen LogP contribution in [-0.2, 0) is 25.1 Å². The molecule has 0 unspecified atom stereocenters. The van der Waals surface area contributed by atoms with Gasteiger partial charge in [0.05, 0.1) is 12.7 Å². The number of halogens is 3. The van der Waals surface area contributed by atoms with Gasteiger partial charge in [-0.2, -0.15) is 13.2 Å². The van der Waals surface area contributed by atoms with Gasteiger partial charge in [0.25, 0.3) is 5.56 Å². The maximum absolute atomic E-state index is 13.0. The number of H-pyrrole nitrogens is 1. The number of nitrogens with zero attached hydrogens (tertiary/aromatic N) is 1. The highest BCUT2D eigenvalue weighted by Crippen LogP contribution is 2.31. The van der Waals surface area contributed by atoms with Gasteiger partial charge in [0, 0.05) is 19.7 Å². The maximum atomic E-state index is 13.0. The molecule has 2 rings (SSSR count). The molecule has 2 heterocycles. The number of methoxy groups -OCH3 is 1. The second-order valence-corrected chi connectivity index (χ2v) is 5.63. The number of aromatic amines is 1. The number of hydrogen-bond acceptors (Lipinski definition) is 6. The van der Waals surface area contributed by atoms with Crippen LogP contribution in [-0.4, -0.2) is 48.9 Å². The zero-order chi connectivity index (χ0) is 20.0. The Hall–Kier alpha value is -2.13. The van der Waals surface area contributed by atoms with E-state index in [1.165, 1.54) is 7.11 Å². The quantitative estimate of drug-likeness (QED) is 0.421. The fraction of sp³-hybridized carbons (Fsp3) is 0.625. The van der Waals surface area contributed by atoms with Crippen LogP contribution in [0.5, 0.6) is 0 Å². The Bertz CT molecular complexity index is 807. The number of rotatable bonds is 7. The van der Waals surface area contributed by atoms with Crippen LogP contribution < -0.4 is 11.2 Å². The Kier molecular flexibility index (Phi) is 7.20. The van der Waals surface area contributed by atoms with Crippen LogP contribution in [0.3, 0.4) is 0 Å². The molecule has 1 aromatic heterocycles. The van der Waals surface area contributed by atoms with E-state index >= 15 is 0 Å². The SMILES string of the molecule is CC#CCO[C@H]1C[C@H](n2cc(C(F)(F)F)c(=O)[nH]c2=O)O[C@@H]1COCOC. The molecule has 8 nitrogen and oxygen atoms in total. The molecule has 1 N–H and O–H groups in total. The molecule has 1 aliphatic heterocycles. The van der Waals surface area contributed by atoms with Crippen molar-refractivity contribution in [3.63, 3.8) is 0 Å². The summed E-state index contributed by atoms with van der Waals surface area (Å²) in [7, 11) is 1.43. The minimum atomic E-state index is -4.91. The molecule has 11 heteroatoms. The number of hydrogen-bond donors (Lipinski definition) is 1. The van der Waals surface area contributed by atoms with Crippen LogP contribution in [0.15, 0.2) is 15.8 Å². The lowest BCUT2D eigenvalue weighted by molar-refractivity contribution is -0.140. The van der Waals surface area contributed by atoms with E-state index in [1.807, 2.05) is 0 Å². The van der Waals surface area contributed by atoms with Crippen molar-refractivity contribution in [2.45, 2.75) is 38.0 Å². The van der Waals surface area contributed by atoms with Gasteiger partial charge in [-0.05, 0) is 6.92 Å². The molecule has 1 aliphatic rings. The van der Waals surface area contributed by atoms with Gasteiger partial charge in [0.15, 0.2) is 0 Å². The molecule has 0 saturated carbocycles. The summed E-state index contributed by atoms with van der Waals surface area (Å²) in [4.78, 5) is 25.1. The molecule has 150 valence electrons. The zero-order valence-electron chi connectivity index (χ0n) is 14.7. The molecule has 1 aromatic rings. The molecular formula is C16H19F3N2O6. The van der Waals surface area contributed by atoms with Crippen LogP contribution in [0.2, 0.25) is 0 Å². The largest absolute Gasteiger partial charge is 0.423 e. The first-order valence-corrected chi connectivity index (χ1v) is 7.94. The Morgan fingerprint density at radius 1 is 1.41 bits per heavy atom. The summed E-state index contributed by atoms with van der Waals surface area (Å²) in [5.74, 6) is 5.36. The van der Waals surface area contributed by atoms with E-state index in [4.69, 9.17) is 18.9 Å². The Morgan fingerprint density at radius 3 is 2.78 bits per heavy atom. The first kappa shape index (κ1) is 21.2. The fourth-order valence-electron chi connectivity index (χ4n) is 2.57. The van der Waals surface area contributed by atoms with Crippen molar-refractivity contribution in [2.24, 2.45) is 0 Å². The van der Waals surface area contributed by atoms with Crippen molar-refractivity contribution in [1.29, 1.82) is 0 Å². The monoisotopic (exact) mass is 392 g/mol. The van der Waals surface area contributed by atoms with Gasteiger partial charge in [0.1, 0.15) is 31.3 Å². The smallest absolute Gasteiger partial charge is 0.363 e. The zero-order valence-corrected chi connectivity index (χ0v) is 14.7. The molecule has 0 radical (unpaired) electrons. The normalized spacial score (nSPS) is 22.5. The molecule has 0 amide bonds. The molecular weight excluding hydrogens is 373 g/mol. The summed E-state index contributed by atoms with van der Waals surface area (Å²) in [6, 6.07) is 0. The van der Waals surface area contributed by atoms with Crippen molar-refractivity contribution in [3.05, 3.63) is 32.6 Å². The minimum absolute atomic E-state index is 0.0111. The molecule has 0 spiro atoms. The van der Waals surface area contributed by atoms with Crippen molar-refractivity contribution < 1.29 is 32.1 Å². The summed E-state index contributed by atoms with van der Waals surface area (Å²) >= 11 is 0. The second kappa shape index (κ2) is 9.18. The van der Waals surface area contributed by atoms with Crippen molar-refractivity contribution >= 4 is 0 Å². The molecule has 1 fully saturated rings. The van der Waals surface area contributed by atoms with Gasteiger partial charge in [-0.1, -0.05) is 5.92 Å². The lowest BCUT2D eigenvalue weighted by Crippen LogP contribution is -2.36. The number of aromatic nitrogens is 2. The highest BCUT2D eigenvalue weighted by molar-refractivity contribution is 5.09. The first-order valence-electron chi connectivity index (χ1n) is 7.94. The summed E-state index contributed by atoms with van der Waals surface area (Å²) in [5.41, 5.74) is -4.00. The van der Waals surface area contributed by atoms with E-state index in [0.29, 0.717) is 10.8 Å². The summed E-state index contributed by atoms with van der Waals surface area (Å²) in [6.07, 6.45) is -6.66. The second-order valence-electron chi connectivity index (χ2n) is 5.63. The van der Waals surface area contributed by atoms with E-state index in [9.17, 15) is 22.8 Å². The average molecular weight is 392 g/mol. The highest BCUT2D eigenvalue weighted by Gasteiger charge is 2.40.